The second-order valence-corrected chi connectivity index (χ2v) is 11.6. The van der Waals surface area contributed by atoms with Gasteiger partial charge < -0.3 is 13.7 Å². The molecule has 0 amide bonds. The Hall–Kier alpha value is -6.39. The highest BCUT2D eigenvalue weighted by Crippen LogP contribution is 2.44. The zero-order valence-corrected chi connectivity index (χ0v) is 25.4. The summed E-state index contributed by atoms with van der Waals surface area (Å²) in [7, 11) is 0. The first-order chi connectivity index (χ1) is 23.3. The van der Waals surface area contributed by atoms with Crippen LogP contribution in [-0.2, 0) is 0 Å². The van der Waals surface area contributed by atoms with Gasteiger partial charge in [0.2, 0.25) is 5.89 Å². The topological polar surface area (TPSA) is 42.4 Å². The number of nitrogens with zero attached hydrogens (tertiary/aromatic N) is 2. The number of benzene rings is 7. The molecule has 0 fully saturated rings. The molecule has 0 aliphatic rings. The SMILES string of the molecule is c1ccc(-c2cccc(-c3ccc(N(c4ccccc4)c4cccc5c4oc4ccc6nc(-c7ccccc7)oc6c45)cc3)c2)cc1. The summed E-state index contributed by atoms with van der Waals surface area (Å²) in [6.07, 6.45) is 0. The highest BCUT2D eigenvalue weighted by molar-refractivity contribution is 6.19. The quantitative estimate of drug-likeness (QED) is 0.189. The van der Waals surface area contributed by atoms with E-state index >= 15 is 0 Å². The molecule has 2 aromatic heterocycles. The molecule has 0 saturated heterocycles. The van der Waals surface area contributed by atoms with Gasteiger partial charge in [-0.15, -0.1) is 0 Å². The van der Waals surface area contributed by atoms with Crippen LogP contribution in [0.5, 0.6) is 0 Å². The molecular formula is C43H28N2O2. The summed E-state index contributed by atoms with van der Waals surface area (Å²) in [5, 5.41) is 1.91. The maximum absolute atomic E-state index is 6.65. The van der Waals surface area contributed by atoms with Crippen molar-refractivity contribution in [2.45, 2.75) is 0 Å². The van der Waals surface area contributed by atoms with Gasteiger partial charge in [-0.2, -0.15) is 0 Å². The van der Waals surface area contributed by atoms with Gasteiger partial charge in [-0.05, 0) is 82.9 Å². The Labute approximate surface area is 271 Å². The van der Waals surface area contributed by atoms with Gasteiger partial charge in [-0.3, -0.25) is 0 Å². The molecular weight excluding hydrogens is 576 g/mol. The molecule has 0 atom stereocenters. The van der Waals surface area contributed by atoms with E-state index in [4.69, 9.17) is 13.8 Å². The molecule has 9 rings (SSSR count). The van der Waals surface area contributed by atoms with Crippen LogP contribution < -0.4 is 4.90 Å². The zero-order valence-electron chi connectivity index (χ0n) is 25.4. The smallest absolute Gasteiger partial charge is 0.227 e. The van der Waals surface area contributed by atoms with Crippen molar-refractivity contribution >= 4 is 50.1 Å². The molecule has 47 heavy (non-hydrogen) atoms. The van der Waals surface area contributed by atoms with E-state index in [1.165, 1.54) is 16.7 Å². The highest BCUT2D eigenvalue weighted by Gasteiger charge is 2.22. The molecule has 7 aromatic carbocycles. The molecule has 9 aromatic rings. The summed E-state index contributed by atoms with van der Waals surface area (Å²) < 4.78 is 13.1. The van der Waals surface area contributed by atoms with Crippen LogP contribution in [0.25, 0.3) is 66.7 Å². The molecule has 0 radical (unpaired) electrons. The van der Waals surface area contributed by atoms with E-state index in [-0.39, 0.29) is 0 Å². The lowest BCUT2D eigenvalue weighted by molar-refractivity contribution is 0.622. The van der Waals surface area contributed by atoms with E-state index in [1.807, 2.05) is 54.6 Å². The van der Waals surface area contributed by atoms with Crippen molar-refractivity contribution < 1.29 is 8.83 Å². The Balaban J connectivity index is 1.17. The van der Waals surface area contributed by atoms with Gasteiger partial charge in [-0.1, -0.05) is 109 Å². The number of fused-ring (bicyclic) bond motifs is 5. The second kappa shape index (κ2) is 11.2. The molecule has 2 heterocycles. The summed E-state index contributed by atoms with van der Waals surface area (Å²) in [5.41, 5.74) is 11.8. The molecule has 0 saturated carbocycles. The minimum atomic E-state index is 0.596. The van der Waals surface area contributed by atoms with Gasteiger partial charge in [0, 0.05) is 22.3 Å². The van der Waals surface area contributed by atoms with Crippen molar-refractivity contribution in [3.05, 3.63) is 170 Å². The monoisotopic (exact) mass is 604 g/mol. The lowest BCUT2D eigenvalue weighted by atomic mass is 9.99. The molecule has 0 bridgehead atoms. The molecule has 0 N–H and O–H groups in total. The summed E-state index contributed by atoms with van der Waals surface area (Å²) in [4.78, 5) is 7.06. The van der Waals surface area contributed by atoms with E-state index in [0.717, 1.165) is 61.2 Å². The maximum atomic E-state index is 6.65. The fraction of sp³-hybridized carbons (Fsp3) is 0. The van der Waals surface area contributed by atoms with Crippen LogP contribution in [-0.4, -0.2) is 4.98 Å². The summed E-state index contributed by atoms with van der Waals surface area (Å²) in [5.74, 6) is 0.596. The third-order valence-corrected chi connectivity index (χ3v) is 8.70. The molecule has 0 spiro atoms. The Morgan fingerprint density at radius 3 is 1.74 bits per heavy atom. The number of para-hydroxylation sites is 2. The predicted octanol–water partition coefficient (Wildman–Crippen LogP) is 12.2. The van der Waals surface area contributed by atoms with Crippen molar-refractivity contribution in [2.75, 3.05) is 4.90 Å². The lowest BCUT2D eigenvalue weighted by Gasteiger charge is -2.25. The first-order valence-electron chi connectivity index (χ1n) is 15.7. The standard InChI is InChI=1S/C43H28N2O2/c1-4-12-29(13-5-1)32-16-10-17-33(28-32)30-22-24-35(25-23-30)45(34-18-8-3-9-19-34)38-21-11-20-36-40-39(46-41(36)38)27-26-37-42(40)47-43(44-37)31-14-6-2-7-15-31/h1-28H. The molecule has 0 aliphatic carbocycles. The molecule has 222 valence electrons. The summed E-state index contributed by atoms with van der Waals surface area (Å²) >= 11 is 0. The number of hydrogen-bond donors (Lipinski definition) is 0. The van der Waals surface area contributed by atoms with Gasteiger partial charge in [0.1, 0.15) is 11.1 Å². The average Bonchev–Trinajstić information content (AvgIpc) is 3.76. The minimum absolute atomic E-state index is 0.596. The molecule has 0 aliphatic heterocycles. The van der Waals surface area contributed by atoms with Gasteiger partial charge in [0.05, 0.1) is 11.1 Å². The normalized spacial score (nSPS) is 11.4. The van der Waals surface area contributed by atoms with Crippen LogP contribution in [0, 0.1) is 0 Å². The maximum Gasteiger partial charge on any atom is 0.227 e. The van der Waals surface area contributed by atoms with Crippen LogP contribution in [0.2, 0.25) is 0 Å². The molecule has 4 heteroatoms. The van der Waals surface area contributed by atoms with Crippen molar-refractivity contribution in [3.8, 4) is 33.7 Å². The van der Waals surface area contributed by atoms with E-state index in [1.54, 1.807) is 0 Å². The van der Waals surface area contributed by atoms with Gasteiger partial charge in [0.25, 0.3) is 0 Å². The largest absolute Gasteiger partial charge is 0.454 e. The number of aromatic nitrogens is 1. The average molecular weight is 605 g/mol. The van der Waals surface area contributed by atoms with Crippen molar-refractivity contribution in [3.63, 3.8) is 0 Å². The van der Waals surface area contributed by atoms with Crippen LogP contribution in [0.4, 0.5) is 17.1 Å². The number of oxazole rings is 1. The summed E-state index contributed by atoms with van der Waals surface area (Å²) in [6, 6.07) is 58.6. The lowest BCUT2D eigenvalue weighted by Crippen LogP contribution is -2.10. The van der Waals surface area contributed by atoms with E-state index in [2.05, 4.69) is 120 Å². The number of rotatable bonds is 6. The minimum Gasteiger partial charge on any atom is -0.454 e. The molecule has 0 unspecified atom stereocenters. The van der Waals surface area contributed by atoms with E-state index < -0.39 is 0 Å². The Morgan fingerprint density at radius 2 is 1.02 bits per heavy atom. The van der Waals surface area contributed by atoms with Crippen LogP contribution in [0.3, 0.4) is 0 Å². The van der Waals surface area contributed by atoms with Crippen molar-refractivity contribution in [1.82, 2.24) is 4.98 Å². The predicted molar refractivity (Wildman–Crippen MR) is 192 cm³/mol. The summed E-state index contributed by atoms with van der Waals surface area (Å²) in [6.45, 7) is 0. The Bertz CT molecular complexity index is 2500. The van der Waals surface area contributed by atoms with E-state index in [9.17, 15) is 0 Å². The number of furan rings is 1. The third-order valence-electron chi connectivity index (χ3n) is 8.70. The molecule has 4 nitrogen and oxygen atoms in total. The Morgan fingerprint density at radius 1 is 0.426 bits per heavy atom. The number of anilines is 3. The second-order valence-electron chi connectivity index (χ2n) is 11.6. The van der Waals surface area contributed by atoms with Crippen LogP contribution in [0.15, 0.2) is 179 Å². The van der Waals surface area contributed by atoms with E-state index in [0.29, 0.717) is 5.89 Å². The van der Waals surface area contributed by atoms with Gasteiger partial charge >= 0.3 is 0 Å². The fourth-order valence-corrected chi connectivity index (χ4v) is 6.45. The van der Waals surface area contributed by atoms with Crippen molar-refractivity contribution in [1.29, 1.82) is 0 Å². The highest BCUT2D eigenvalue weighted by atomic mass is 16.4. The van der Waals surface area contributed by atoms with Crippen molar-refractivity contribution in [2.24, 2.45) is 0 Å². The van der Waals surface area contributed by atoms with Gasteiger partial charge in [0.15, 0.2) is 11.2 Å². The third kappa shape index (κ3) is 4.75. The number of hydrogen-bond acceptors (Lipinski definition) is 4. The van der Waals surface area contributed by atoms with Crippen LogP contribution in [0.1, 0.15) is 0 Å². The zero-order chi connectivity index (χ0) is 31.2. The fourth-order valence-electron chi connectivity index (χ4n) is 6.45. The van der Waals surface area contributed by atoms with Crippen LogP contribution >= 0.6 is 0 Å². The first-order valence-corrected chi connectivity index (χ1v) is 15.7. The van der Waals surface area contributed by atoms with Gasteiger partial charge in [-0.25, -0.2) is 4.98 Å². The Kier molecular flexibility index (Phi) is 6.43. The first kappa shape index (κ1) is 27.0.